The maximum atomic E-state index is 13.8. The SMILES string of the molecule is COc1ccc(CCN2C(=O)c3oc4cc(C)c(Cl)cc4c(=O)c3C2c2ccc(SC)cc2)cc1OC. The van der Waals surface area contributed by atoms with Crippen molar-refractivity contribution in [3.63, 3.8) is 0 Å². The van der Waals surface area contributed by atoms with Crippen LogP contribution in [0, 0.1) is 6.92 Å². The average Bonchev–Trinajstić information content (AvgIpc) is 3.19. The van der Waals surface area contributed by atoms with Crippen LogP contribution in [0.5, 0.6) is 11.5 Å². The van der Waals surface area contributed by atoms with Crippen LogP contribution in [0.25, 0.3) is 11.0 Å². The Bertz CT molecular complexity index is 1560. The lowest BCUT2D eigenvalue weighted by Gasteiger charge is -2.25. The molecule has 37 heavy (non-hydrogen) atoms. The number of thioether (sulfide) groups is 1. The molecule has 0 radical (unpaired) electrons. The van der Waals surface area contributed by atoms with Gasteiger partial charge in [0.25, 0.3) is 5.91 Å². The minimum absolute atomic E-state index is 0.0884. The Morgan fingerprint density at radius 1 is 1.00 bits per heavy atom. The summed E-state index contributed by atoms with van der Waals surface area (Å²) in [5.74, 6) is 1.04. The van der Waals surface area contributed by atoms with E-state index < -0.39 is 6.04 Å². The van der Waals surface area contributed by atoms with Crippen LogP contribution >= 0.6 is 23.4 Å². The number of rotatable bonds is 7. The van der Waals surface area contributed by atoms with Crippen molar-refractivity contribution >= 4 is 40.2 Å². The number of carbonyl (C=O) groups is 1. The molecule has 1 aromatic heterocycles. The maximum Gasteiger partial charge on any atom is 0.290 e. The predicted octanol–water partition coefficient (Wildman–Crippen LogP) is 6.28. The van der Waals surface area contributed by atoms with Gasteiger partial charge in [-0.15, -0.1) is 11.8 Å². The molecule has 6 nitrogen and oxygen atoms in total. The second-order valence-corrected chi connectivity index (χ2v) is 10.2. The fourth-order valence-corrected chi connectivity index (χ4v) is 5.36. The van der Waals surface area contributed by atoms with Gasteiger partial charge in [-0.3, -0.25) is 9.59 Å². The summed E-state index contributed by atoms with van der Waals surface area (Å²) in [6.07, 6.45) is 2.56. The fourth-order valence-electron chi connectivity index (χ4n) is 4.79. The first kappa shape index (κ1) is 25.2. The molecule has 5 rings (SSSR count). The summed E-state index contributed by atoms with van der Waals surface area (Å²) in [7, 11) is 3.18. The van der Waals surface area contributed by atoms with Crippen LogP contribution in [0.15, 0.2) is 68.7 Å². The fraction of sp³-hybridized carbons (Fsp3) is 0.241. The number of aryl methyl sites for hydroxylation is 1. The van der Waals surface area contributed by atoms with Gasteiger partial charge >= 0.3 is 0 Å². The molecule has 3 aromatic carbocycles. The molecule has 0 spiro atoms. The summed E-state index contributed by atoms with van der Waals surface area (Å²) in [4.78, 5) is 30.3. The highest BCUT2D eigenvalue weighted by molar-refractivity contribution is 7.98. The Balaban J connectivity index is 1.60. The Hall–Kier alpha value is -3.42. The Morgan fingerprint density at radius 3 is 2.41 bits per heavy atom. The summed E-state index contributed by atoms with van der Waals surface area (Å²) in [5.41, 5.74) is 3.07. The van der Waals surface area contributed by atoms with Gasteiger partial charge in [0.2, 0.25) is 5.76 Å². The Labute approximate surface area is 224 Å². The topological polar surface area (TPSA) is 69.0 Å². The number of methoxy groups -OCH3 is 2. The first-order valence-electron chi connectivity index (χ1n) is 11.8. The van der Waals surface area contributed by atoms with E-state index >= 15 is 0 Å². The van der Waals surface area contributed by atoms with Gasteiger partial charge < -0.3 is 18.8 Å². The normalized spacial score (nSPS) is 14.8. The lowest BCUT2D eigenvalue weighted by molar-refractivity contribution is 0.0730. The van der Waals surface area contributed by atoms with Gasteiger partial charge in [-0.1, -0.05) is 29.8 Å². The van der Waals surface area contributed by atoms with Crippen LogP contribution in [0.3, 0.4) is 0 Å². The average molecular weight is 536 g/mol. The van der Waals surface area contributed by atoms with Crippen molar-refractivity contribution in [1.29, 1.82) is 0 Å². The third-order valence-corrected chi connectivity index (χ3v) is 7.92. The Kier molecular flexibility index (Phi) is 6.92. The molecular weight excluding hydrogens is 510 g/mol. The van der Waals surface area contributed by atoms with E-state index in [0.717, 1.165) is 21.6 Å². The van der Waals surface area contributed by atoms with E-state index in [4.69, 9.17) is 25.5 Å². The van der Waals surface area contributed by atoms with Crippen LogP contribution < -0.4 is 14.9 Å². The molecule has 1 atom stereocenters. The van der Waals surface area contributed by atoms with Crippen molar-refractivity contribution in [2.24, 2.45) is 0 Å². The van der Waals surface area contributed by atoms with E-state index in [9.17, 15) is 9.59 Å². The zero-order chi connectivity index (χ0) is 26.3. The van der Waals surface area contributed by atoms with Gasteiger partial charge in [0.1, 0.15) is 5.58 Å². The largest absolute Gasteiger partial charge is 0.493 e. The molecule has 0 saturated carbocycles. The molecular formula is C29H26ClNO5S. The lowest BCUT2D eigenvalue weighted by atomic mass is 9.98. The minimum atomic E-state index is -0.570. The predicted molar refractivity (Wildman–Crippen MR) is 147 cm³/mol. The highest BCUT2D eigenvalue weighted by Crippen LogP contribution is 2.39. The number of fused-ring (bicyclic) bond motifs is 2. The van der Waals surface area contributed by atoms with E-state index in [-0.39, 0.29) is 17.1 Å². The molecule has 1 aliphatic heterocycles. The third-order valence-electron chi connectivity index (χ3n) is 6.77. The monoisotopic (exact) mass is 535 g/mol. The molecule has 0 bridgehead atoms. The Morgan fingerprint density at radius 2 is 1.73 bits per heavy atom. The number of halogens is 1. The summed E-state index contributed by atoms with van der Waals surface area (Å²) >= 11 is 7.97. The molecule has 0 aliphatic carbocycles. The van der Waals surface area contributed by atoms with Gasteiger partial charge in [-0.2, -0.15) is 0 Å². The van der Waals surface area contributed by atoms with E-state index in [1.807, 2.05) is 55.6 Å². The number of benzene rings is 3. The van der Waals surface area contributed by atoms with Crippen LogP contribution in [0.1, 0.15) is 38.9 Å². The van der Waals surface area contributed by atoms with E-state index in [0.29, 0.717) is 46.0 Å². The summed E-state index contributed by atoms with van der Waals surface area (Å²) in [6.45, 7) is 2.21. The standard InChI is InChI=1S/C29H26ClNO5S/c1-16-13-23-20(15-21(16)30)27(32)25-26(18-6-8-19(37-4)9-7-18)31(29(33)28(25)36-23)12-11-17-5-10-22(34-2)24(14-17)35-3/h5-10,13-15,26H,11-12H2,1-4H3. The molecule has 1 aliphatic rings. The minimum Gasteiger partial charge on any atom is -0.493 e. The van der Waals surface area contributed by atoms with Crippen molar-refractivity contribution in [2.45, 2.75) is 24.3 Å². The molecule has 0 N–H and O–H groups in total. The maximum absolute atomic E-state index is 13.8. The van der Waals surface area contributed by atoms with Gasteiger partial charge in [0.15, 0.2) is 16.9 Å². The van der Waals surface area contributed by atoms with Crippen LogP contribution in [-0.4, -0.2) is 37.8 Å². The number of hydrogen-bond donors (Lipinski definition) is 0. The molecule has 2 heterocycles. The molecule has 1 amide bonds. The van der Waals surface area contributed by atoms with E-state index in [2.05, 4.69) is 0 Å². The first-order valence-corrected chi connectivity index (χ1v) is 13.4. The van der Waals surface area contributed by atoms with Gasteiger partial charge in [0, 0.05) is 16.5 Å². The zero-order valence-electron chi connectivity index (χ0n) is 21.0. The second kappa shape index (κ2) is 10.1. The molecule has 4 aromatic rings. The van der Waals surface area contributed by atoms with Crippen molar-refractivity contribution in [1.82, 2.24) is 4.90 Å². The van der Waals surface area contributed by atoms with Crippen molar-refractivity contribution in [3.05, 3.63) is 97.9 Å². The van der Waals surface area contributed by atoms with Crippen LogP contribution in [0.2, 0.25) is 5.02 Å². The quantitative estimate of drug-likeness (QED) is 0.259. The molecule has 0 fully saturated rings. The first-order chi connectivity index (χ1) is 17.9. The highest BCUT2D eigenvalue weighted by Gasteiger charge is 2.42. The smallest absolute Gasteiger partial charge is 0.290 e. The summed E-state index contributed by atoms with van der Waals surface area (Å²) in [5, 5.41) is 0.852. The van der Waals surface area contributed by atoms with Crippen molar-refractivity contribution in [3.8, 4) is 11.5 Å². The van der Waals surface area contributed by atoms with Crippen molar-refractivity contribution in [2.75, 3.05) is 27.0 Å². The lowest BCUT2D eigenvalue weighted by Crippen LogP contribution is -2.31. The number of amides is 1. The van der Waals surface area contributed by atoms with E-state index in [1.54, 1.807) is 43.0 Å². The summed E-state index contributed by atoms with van der Waals surface area (Å²) in [6, 6.07) is 16.4. The van der Waals surface area contributed by atoms with Gasteiger partial charge in [-0.05, 0) is 72.7 Å². The van der Waals surface area contributed by atoms with Gasteiger partial charge in [-0.25, -0.2) is 0 Å². The van der Waals surface area contributed by atoms with E-state index in [1.165, 1.54) is 0 Å². The molecule has 8 heteroatoms. The zero-order valence-corrected chi connectivity index (χ0v) is 22.5. The number of hydrogen-bond acceptors (Lipinski definition) is 6. The molecule has 190 valence electrons. The summed E-state index contributed by atoms with van der Waals surface area (Å²) < 4.78 is 16.9. The van der Waals surface area contributed by atoms with Gasteiger partial charge in [0.05, 0.1) is 31.2 Å². The number of carbonyl (C=O) groups excluding carboxylic acids is 1. The van der Waals surface area contributed by atoms with Crippen molar-refractivity contribution < 1.29 is 18.7 Å². The molecule has 0 saturated heterocycles. The van der Waals surface area contributed by atoms with Crippen LogP contribution in [0.4, 0.5) is 0 Å². The number of nitrogens with zero attached hydrogens (tertiary/aromatic N) is 1. The highest BCUT2D eigenvalue weighted by atomic mass is 35.5. The van der Waals surface area contributed by atoms with Crippen LogP contribution in [-0.2, 0) is 6.42 Å². The molecule has 1 unspecified atom stereocenters. The number of ether oxygens (including phenoxy) is 2. The second-order valence-electron chi connectivity index (χ2n) is 8.89. The third kappa shape index (κ3) is 4.47.